The van der Waals surface area contributed by atoms with Crippen LogP contribution in [0.5, 0.6) is 0 Å². The molecule has 0 bridgehead atoms. The molecule has 2 rings (SSSR count). The molecule has 1 heterocycles. The number of anilines is 1. The van der Waals surface area contributed by atoms with Gasteiger partial charge in [-0.2, -0.15) is 5.10 Å². The molecule has 0 atom stereocenters. The fourth-order valence-electron chi connectivity index (χ4n) is 1.48. The van der Waals surface area contributed by atoms with E-state index in [-0.39, 0.29) is 0 Å². The number of aryl methyl sites for hydroxylation is 1. The number of halogens is 1. The van der Waals surface area contributed by atoms with Gasteiger partial charge in [-0.1, -0.05) is 23.7 Å². The second-order valence-corrected chi connectivity index (χ2v) is 3.73. The molecule has 0 radical (unpaired) electrons. The maximum absolute atomic E-state index is 5.84. The van der Waals surface area contributed by atoms with Crippen LogP contribution in [0.4, 0.5) is 5.82 Å². The number of rotatable bonds is 2. The van der Waals surface area contributed by atoms with Crippen LogP contribution in [0.1, 0.15) is 0 Å². The normalized spacial score (nSPS) is 10.3. The second-order valence-electron chi connectivity index (χ2n) is 3.30. The Labute approximate surface area is 93.7 Å². The molecule has 0 spiro atoms. The van der Waals surface area contributed by atoms with Crippen molar-refractivity contribution in [3.8, 4) is 11.3 Å². The molecule has 3 nitrogen and oxygen atoms in total. The molecule has 0 aliphatic heterocycles. The summed E-state index contributed by atoms with van der Waals surface area (Å²) in [7, 11) is 3.78. The van der Waals surface area contributed by atoms with Gasteiger partial charge in [-0.15, -0.1) is 0 Å². The van der Waals surface area contributed by atoms with E-state index in [4.69, 9.17) is 11.6 Å². The van der Waals surface area contributed by atoms with E-state index in [1.807, 2.05) is 49.1 Å². The monoisotopic (exact) mass is 221 g/mol. The van der Waals surface area contributed by atoms with Crippen LogP contribution in [0, 0.1) is 0 Å². The van der Waals surface area contributed by atoms with Crippen LogP contribution in [0.2, 0.25) is 5.02 Å². The van der Waals surface area contributed by atoms with Gasteiger partial charge in [0.25, 0.3) is 0 Å². The van der Waals surface area contributed by atoms with Gasteiger partial charge in [0.2, 0.25) is 0 Å². The molecule has 0 aliphatic carbocycles. The lowest BCUT2D eigenvalue weighted by molar-refractivity contribution is 0.778. The molecule has 0 saturated carbocycles. The smallest absolute Gasteiger partial charge is 0.148 e. The Hall–Kier alpha value is -1.48. The molecule has 0 fully saturated rings. The van der Waals surface area contributed by atoms with Crippen molar-refractivity contribution < 1.29 is 0 Å². The maximum Gasteiger partial charge on any atom is 0.148 e. The summed E-state index contributed by atoms with van der Waals surface area (Å²) in [5, 5.41) is 8.06. The lowest BCUT2D eigenvalue weighted by atomic mass is 10.1. The van der Waals surface area contributed by atoms with Crippen molar-refractivity contribution in [3.63, 3.8) is 0 Å². The second kappa shape index (κ2) is 3.95. The van der Waals surface area contributed by atoms with Crippen molar-refractivity contribution in [1.82, 2.24) is 9.78 Å². The first-order chi connectivity index (χ1) is 7.20. The van der Waals surface area contributed by atoms with E-state index in [1.165, 1.54) is 0 Å². The molecule has 0 aliphatic rings. The maximum atomic E-state index is 5.84. The zero-order valence-electron chi connectivity index (χ0n) is 8.66. The lowest BCUT2D eigenvalue weighted by Crippen LogP contribution is -1.94. The van der Waals surface area contributed by atoms with Gasteiger partial charge in [-0.05, 0) is 17.7 Å². The van der Waals surface area contributed by atoms with Crippen LogP contribution in [-0.4, -0.2) is 16.8 Å². The quantitative estimate of drug-likeness (QED) is 0.845. The summed E-state index contributed by atoms with van der Waals surface area (Å²) in [6.45, 7) is 0. The van der Waals surface area contributed by atoms with Gasteiger partial charge in [-0.25, -0.2) is 0 Å². The Balaban J connectivity index is 2.44. The molecule has 1 aromatic carbocycles. The zero-order chi connectivity index (χ0) is 10.8. The van der Waals surface area contributed by atoms with Gasteiger partial charge in [0.05, 0.1) is 5.69 Å². The number of benzene rings is 1. The summed E-state index contributed by atoms with van der Waals surface area (Å²) in [5.74, 6) is 0.863. The Morgan fingerprint density at radius 2 is 1.93 bits per heavy atom. The molecule has 2 aromatic rings. The number of hydrogen-bond acceptors (Lipinski definition) is 2. The van der Waals surface area contributed by atoms with Crippen LogP contribution in [0.15, 0.2) is 30.3 Å². The first-order valence-electron chi connectivity index (χ1n) is 4.68. The largest absolute Gasteiger partial charge is 0.372 e. The van der Waals surface area contributed by atoms with Crippen LogP contribution in [0.3, 0.4) is 0 Å². The van der Waals surface area contributed by atoms with Crippen molar-refractivity contribution in [3.05, 3.63) is 35.4 Å². The summed E-state index contributed by atoms with van der Waals surface area (Å²) in [6.07, 6.45) is 0. The van der Waals surface area contributed by atoms with Crippen LogP contribution >= 0.6 is 11.6 Å². The minimum atomic E-state index is 0.745. The van der Waals surface area contributed by atoms with Gasteiger partial charge in [0.15, 0.2) is 0 Å². The first-order valence-corrected chi connectivity index (χ1v) is 5.06. The number of nitrogens with zero attached hydrogens (tertiary/aromatic N) is 2. The zero-order valence-corrected chi connectivity index (χ0v) is 9.42. The minimum absolute atomic E-state index is 0.745. The van der Waals surface area contributed by atoms with Crippen molar-refractivity contribution >= 4 is 17.4 Å². The fraction of sp³-hybridized carbons (Fsp3) is 0.182. The third-order valence-electron chi connectivity index (χ3n) is 2.28. The Kier molecular flexibility index (Phi) is 2.64. The van der Waals surface area contributed by atoms with E-state index in [2.05, 4.69) is 10.4 Å². The minimum Gasteiger partial charge on any atom is -0.372 e. The van der Waals surface area contributed by atoms with Gasteiger partial charge < -0.3 is 5.32 Å². The summed E-state index contributed by atoms with van der Waals surface area (Å²) >= 11 is 5.84. The van der Waals surface area contributed by atoms with E-state index in [9.17, 15) is 0 Å². The third kappa shape index (κ3) is 1.97. The summed E-state index contributed by atoms with van der Waals surface area (Å²) in [5.41, 5.74) is 2.17. The highest BCUT2D eigenvalue weighted by Crippen LogP contribution is 2.23. The van der Waals surface area contributed by atoms with Crippen LogP contribution in [-0.2, 0) is 7.05 Å². The Bertz CT molecular complexity index is 459. The molecule has 78 valence electrons. The lowest BCUT2D eigenvalue weighted by Gasteiger charge is -2.00. The highest BCUT2D eigenvalue weighted by molar-refractivity contribution is 6.30. The van der Waals surface area contributed by atoms with Crippen LogP contribution in [0.25, 0.3) is 11.3 Å². The van der Waals surface area contributed by atoms with Crippen LogP contribution < -0.4 is 5.32 Å². The van der Waals surface area contributed by atoms with E-state index >= 15 is 0 Å². The number of nitrogens with one attached hydrogen (secondary N) is 1. The van der Waals surface area contributed by atoms with E-state index in [1.54, 1.807) is 0 Å². The molecule has 15 heavy (non-hydrogen) atoms. The van der Waals surface area contributed by atoms with Gasteiger partial charge in [0.1, 0.15) is 5.82 Å². The molecule has 0 unspecified atom stereocenters. The van der Waals surface area contributed by atoms with Crippen molar-refractivity contribution in [2.75, 3.05) is 12.4 Å². The van der Waals surface area contributed by atoms with E-state index in [0.29, 0.717) is 0 Å². The fourth-order valence-corrected chi connectivity index (χ4v) is 1.61. The van der Waals surface area contributed by atoms with E-state index in [0.717, 1.165) is 22.1 Å². The standard InChI is InChI=1S/C11H12ClN3/c1-13-11-7-10(15(2)14-11)8-3-5-9(12)6-4-8/h3-7H,1-2H3,(H,13,14). The topological polar surface area (TPSA) is 29.9 Å². The molecule has 0 saturated heterocycles. The third-order valence-corrected chi connectivity index (χ3v) is 2.53. The molecular formula is C11H12ClN3. The molecular weight excluding hydrogens is 210 g/mol. The average molecular weight is 222 g/mol. The highest BCUT2D eigenvalue weighted by atomic mass is 35.5. The Morgan fingerprint density at radius 3 is 2.47 bits per heavy atom. The van der Waals surface area contributed by atoms with Gasteiger partial charge in [-0.3, -0.25) is 4.68 Å². The van der Waals surface area contributed by atoms with Gasteiger partial charge in [0, 0.05) is 25.2 Å². The van der Waals surface area contributed by atoms with E-state index < -0.39 is 0 Å². The Morgan fingerprint density at radius 1 is 1.27 bits per heavy atom. The highest BCUT2D eigenvalue weighted by Gasteiger charge is 2.05. The average Bonchev–Trinajstić information content (AvgIpc) is 2.61. The molecule has 0 amide bonds. The van der Waals surface area contributed by atoms with Gasteiger partial charge >= 0.3 is 0 Å². The predicted octanol–water partition coefficient (Wildman–Crippen LogP) is 2.78. The van der Waals surface area contributed by atoms with Crippen molar-refractivity contribution in [2.45, 2.75) is 0 Å². The first kappa shape index (κ1) is 10.1. The summed E-state index contributed by atoms with van der Waals surface area (Å²) in [6, 6.07) is 9.73. The van der Waals surface area contributed by atoms with Crippen molar-refractivity contribution in [1.29, 1.82) is 0 Å². The van der Waals surface area contributed by atoms with Crippen molar-refractivity contribution in [2.24, 2.45) is 7.05 Å². The predicted molar refractivity (Wildman–Crippen MR) is 63.2 cm³/mol. The molecule has 1 N–H and O–H groups in total. The number of aromatic nitrogens is 2. The SMILES string of the molecule is CNc1cc(-c2ccc(Cl)cc2)n(C)n1. The number of hydrogen-bond donors (Lipinski definition) is 1. The molecule has 4 heteroatoms. The summed E-state index contributed by atoms with van der Waals surface area (Å²) in [4.78, 5) is 0. The molecule has 1 aromatic heterocycles. The summed E-state index contributed by atoms with van der Waals surface area (Å²) < 4.78 is 1.84.